The van der Waals surface area contributed by atoms with Crippen molar-refractivity contribution in [3.63, 3.8) is 0 Å². The Morgan fingerprint density at radius 1 is 0.929 bits per heavy atom. The Labute approximate surface area is 165 Å². The molecule has 4 bridgehead atoms. The Kier molecular flexibility index (Phi) is 4.08. The second-order valence-electron chi connectivity index (χ2n) is 9.20. The molecule has 0 heterocycles. The summed E-state index contributed by atoms with van der Waals surface area (Å²) in [4.78, 5) is 10.7. The Morgan fingerprint density at radius 2 is 1.50 bits per heavy atom. The number of carboxylic acids is 1. The fraction of sp³-hybridized carbons (Fsp3) is 0.400. The standard InChI is InChI=1S/C25H26O3/c26-23-7-6-21(20-4-1-16(2-5-20)3-8-24(27)28)12-22(23)25-13-17-9-18(14-25)11-19(10-17)15-25/h1-8,12,17-19,26H,9-11,13-15H2,(H,27,28)/p-1/b8-3+. The molecule has 1 N–H and O–H groups in total. The molecule has 0 aromatic heterocycles. The largest absolute Gasteiger partial charge is 0.872 e. The van der Waals surface area contributed by atoms with Crippen molar-refractivity contribution in [2.45, 2.75) is 43.9 Å². The van der Waals surface area contributed by atoms with E-state index >= 15 is 0 Å². The first-order chi connectivity index (χ1) is 13.5. The van der Waals surface area contributed by atoms with E-state index in [1.165, 1.54) is 38.5 Å². The average Bonchev–Trinajstić information content (AvgIpc) is 2.66. The van der Waals surface area contributed by atoms with Crippen LogP contribution >= 0.6 is 0 Å². The van der Waals surface area contributed by atoms with Gasteiger partial charge in [-0.1, -0.05) is 42.5 Å². The highest BCUT2D eigenvalue weighted by Gasteiger charge is 2.51. The summed E-state index contributed by atoms with van der Waals surface area (Å²) in [7, 11) is 0. The number of benzene rings is 2. The molecule has 144 valence electrons. The van der Waals surface area contributed by atoms with Crippen molar-refractivity contribution in [3.05, 3.63) is 59.7 Å². The van der Waals surface area contributed by atoms with Gasteiger partial charge in [0.2, 0.25) is 0 Å². The lowest BCUT2D eigenvalue weighted by Crippen LogP contribution is -2.48. The van der Waals surface area contributed by atoms with Gasteiger partial charge in [-0.25, -0.2) is 4.79 Å². The lowest BCUT2D eigenvalue weighted by atomic mass is 9.48. The highest BCUT2D eigenvalue weighted by Crippen LogP contribution is 2.61. The van der Waals surface area contributed by atoms with Gasteiger partial charge in [0.05, 0.1) is 0 Å². The topological polar surface area (TPSA) is 60.4 Å². The number of carboxylic acid groups (broad SMARTS) is 1. The quantitative estimate of drug-likeness (QED) is 0.768. The van der Waals surface area contributed by atoms with Crippen molar-refractivity contribution >= 4 is 12.0 Å². The molecule has 2 aromatic rings. The number of carbonyl (C=O) groups is 1. The van der Waals surface area contributed by atoms with Crippen molar-refractivity contribution in [2.75, 3.05) is 0 Å². The van der Waals surface area contributed by atoms with Gasteiger partial charge in [-0.05, 0) is 90.0 Å². The minimum Gasteiger partial charge on any atom is -0.872 e. The first-order valence-corrected chi connectivity index (χ1v) is 10.3. The number of hydrogen-bond acceptors (Lipinski definition) is 2. The van der Waals surface area contributed by atoms with Crippen LogP contribution in [0.1, 0.15) is 49.7 Å². The van der Waals surface area contributed by atoms with Gasteiger partial charge in [0, 0.05) is 6.08 Å². The van der Waals surface area contributed by atoms with E-state index in [9.17, 15) is 9.90 Å². The molecule has 28 heavy (non-hydrogen) atoms. The summed E-state index contributed by atoms with van der Waals surface area (Å²) >= 11 is 0. The molecule has 0 saturated heterocycles. The van der Waals surface area contributed by atoms with Gasteiger partial charge >= 0.3 is 5.97 Å². The van der Waals surface area contributed by atoms with Crippen molar-refractivity contribution in [1.29, 1.82) is 0 Å². The normalized spacial score (nSPS) is 30.8. The van der Waals surface area contributed by atoms with Crippen molar-refractivity contribution < 1.29 is 15.0 Å². The van der Waals surface area contributed by atoms with Crippen LogP contribution in [0.4, 0.5) is 0 Å². The Morgan fingerprint density at radius 3 is 2.07 bits per heavy atom. The minimum absolute atomic E-state index is 0.103. The van der Waals surface area contributed by atoms with Gasteiger partial charge in [0.1, 0.15) is 0 Å². The Bertz CT molecular complexity index is 903. The fourth-order valence-electron chi connectivity index (χ4n) is 6.52. The van der Waals surface area contributed by atoms with E-state index in [2.05, 4.69) is 6.07 Å². The smallest absolute Gasteiger partial charge is 0.328 e. The minimum atomic E-state index is -0.949. The van der Waals surface area contributed by atoms with Crippen LogP contribution in [0, 0.1) is 17.8 Å². The van der Waals surface area contributed by atoms with E-state index < -0.39 is 5.97 Å². The average molecular weight is 373 g/mol. The van der Waals surface area contributed by atoms with Crippen LogP contribution in [0.3, 0.4) is 0 Å². The van der Waals surface area contributed by atoms with Crippen LogP contribution in [0.25, 0.3) is 17.2 Å². The maximum atomic E-state index is 12.9. The zero-order valence-electron chi connectivity index (χ0n) is 15.9. The van der Waals surface area contributed by atoms with Crippen LogP contribution < -0.4 is 5.11 Å². The molecule has 6 rings (SSSR count). The molecule has 4 saturated carbocycles. The summed E-state index contributed by atoms with van der Waals surface area (Å²) in [5.74, 6) is 1.70. The third-order valence-electron chi connectivity index (χ3n) is 7.25. The van der Waals surface area contributed by atoms with E-state index in [4.69, 9.17) is 5.11 Å². The molecule has 0 radical (unpaired) electrons. The Hall–Kier alpha value is -2.55. The highest BCUT2D eigenvalue weighted by molar-refractivity contribution is 5.85. The molecule has 0 amide bonds. The second kappa shape index (κ2) is 6.51. The van der Waals surface area contributed by atoms with Crippen LogP contribution in [0.5, 0.6) is 5.75 Å². The molecule has 3 heteroatoms. The molecule has 2 aromatic carbocycles. The highest BCUT2D eigenvalue weighted by atomic mass is 16.4. The molecule has 0 aliphatic heterocycles. The third-order valence-corrected chi connectivity index (χ3v) is 7.25. The van der Waals surface area contributed by atoms with Gasteiger partial charge in [0.25, 0.3) is 0 Å². The molecule has 0 spiro atoms. The van der Waals surface area contributed by atoms with Crippen LogP contribution in [-0.4, -0.2) is 11.1 Å². The summed E-state index contributed by atoms with van der Waals surface area (Å²) < 4.78 is 0. The van der Waals surface area contributed by atoms with Gasteiger partial charge in [-0.2, -0.15) is 0 Å². The fourth-order valence-corrected chi connectivity index (χ4v) is 6.52. The maximum absolute atomic E-state index is 12.9. The Balaban J connectivity index is 1.48. The third kappa shape index (κ3) is 3.03. The zero-order chi connectivity index (χ0) is 19.3. The summed E-state index contributed by atoms with van der Waals surface area (Å²) in [5, 5.41) is 21.6. The van der Waals surface area contributed by atoms with E-state index in [0.29, 0.717) is 0 Å². The monoisotopic (exact) mass is 373 g/mol. The molecule has 4 aliphatic carbocycles. The zero-order valence-corrected chi connectivity index (χ0v) is 15.9. The van der Waals surface area contributed by atoms with Gasteiger partial charge in [-0.15, -0.1) is 5.75 Å². The van der Waals surface area contributed by atoms with E-state index in [-0.39, 0.29) is 11.2 Å². The number of rotatable bonds is 4. The van der Waals surface area contributed by atoms with Crippen LogP contribution in [-0.2, 0) is 10.2 Å². The maximum Gasteiger partial charge on any atom is 0.328 e. The molecular formula is C25H25O3-. The lowest BCUT2D eigenvalue weighted by Gasteiger charge is -2.58. The SMILES string of the molecule is O=C(O)/C=C/c1ccc(-c2ccc([O-])c(C34CC5CC(CC(C5)C3)C4)c2)cc1. The molecule has 4 aliphatic rings. The van der Waals surface area contributed by atoms with E-state index in [1.54, 1.807) is 12.1 Å². The van der Waals surface area contributed by atoms with Gasteiger partial charge in [0.15, 0.2) is 0 Å². The molecule has 4 fully saturated rings. The summed E-state index contributed by atoms with van der Waals surface area (Å²) in [6, 6.07) is 13.7. The number of hydrogen-bond donors (Lipinski definition) is 1. The summed E-state index contributed by atoms with van der Waals surface area (Å²) in [5.41, 5.74) is 4.15. The lowest BCUT2D eigenvalue weighted by molar-refractivity contribution is -0.271. The predicted molar refractivity (Wildman–Crippen MR) is 108 cm³/mol. The van der Waals surface area contributed by atoms with Gasteiger partial charge < -0.3 is 10.2 Å². The van der Waals surface area contributed by atoms with E-state index in [1.807, 2.05) is 30.3 Å². The summed E-state index contributed by atoms with van der Waals surface area (Å²) in [6.45, 7) is 0. The van der Waals surface area contributed by atoms with Crippen molar-refractivity contribution in [1.82, 2.24) is 0 Å². The van der Waals surface area contributed by atoms with Crippen molar-refractivity contribution in [2.24, 2.45) is 17.8 Å². The first kappa shape index (κ1) is 17.5. The second-order valence-corrected chi connectivity index (χ2v) is 9.20. The summed E-state index contributed by atoms with van der Waals surface area (Å²) in [6.07, 6.45) is 10.4. The number of aliphatic carboxylic acids is 1. The van der Waals surface area contributed by atoms with Gasteiger partial charge in [-0.3, -0.25) is 0 Å². The molecule has 0 unspecified atom stereocenters. The first-order valence-electron chi connectivity index (χ1n) is 10.3. The van der Waals surface area contributed by atoms with Crippen LogP contribution in [0.15, 0.2) is 48.5 Å². The van der Waals surface area contributed by atoms with Crippen molar-refractivity contribution in [3.8, 4) is 16.9 Å². The van der Waals surface area contributed by atoms with E-state index in [0.717, 1.165) is 46.1 Å². The molecule has 3 nitrogen and oxygen atoms in total. The predicted octanol–water partition coefficient (Wildman–Crippen LogP) is 4.99. The molecule has 0 atom stereocenters. The molecular weight excluding hydrogens is 348 g/mol. The van der Waals surface area contributed by atoms with Crippen LogP contribution in [0.2, 0.25) is 0 Å².